The molecule has 0 aliphatic heterocycles. The second-order valence-electron chi connectivity index (χ2n) is 2.75. The minimum Gasteiger partial charge on any atom is -0.480 e. The molecule has 0 amide bonds. The lowest BCUT2D eigenvalue weighted by Gasteiger charge is -2.02. The van der Waals surface area contributed by atoms with Gasteiger partial charge in [0, 0.05) is 12.4 Å². The highest BCUT2D eigenvalue weighted by Crippen LogP contribution is 1.97. The molecule has 0 saturated carbocycles. The van der Waals surface area contributed by atoms with Crippen molar-refractivity contribution in [1.82, 2.24) is 4.98 Å². The molecule has 0 radical (unpaired) electrons. The number of carboxylic acid groups (broad SMARTS) is 1. The number of nitrogens with two attached hydrogens (primary N) is 1. The van der Waals surface area contributed by atoms with E-state index in [1.807, 2.05) is 24.5 Å². The maximum absolute atomic E-state index is 10.1. The fourth-order valence-electron chi connectivity index (χ4n) is 0.681. The minimum atomic E-state index is -0.913. The molecule has 1 aromatic rings. The minimum absolute atomic E-state index is 0.552. The first kappa shape index (κ1) is 13.9. The standard InChI is InChI=1S/C5H11NO2S.C5H5N/c1-9-3-2-4(6)5(7)8;1-2-4-6-5-3-1/h4H,2-3,6H2,1H3,(H,7,8);1-5H/t4-;/m0./s1. The van der Waals surface area contributed by atoms with Gasteiger partial charge in [-0.25, -0.2) is 0 Å². The third-order valence-corrected chi connectivity index (χ3v) is 2.16. The lowest BCUT2D eigenvalue weighted by atomic mass is 10.2. The molecule has 1 rings (SSSR count). The summed E-state index contributed by atoms with van der Waals surface area (Å²) in [5, 5.41) is 8.27. The van der Waals surface area contributed by atoms with E-state index in [1.165, 1.54) is 0 Å². The van der Waals surface area contributed by atoms with Crippen LogP contribution in [-0.2, 0) is 4.79 Å². The molecule has 0 unspecified atom stereocenters. The first-order valence-electron chi connectivity index (χ1n) is 4.50. The summed E-state index contributed by atoms with van der Waals surface area (Å²) in [4.78, 5) is 13.9. The molecule has 15 heavy (non-hydrogen) atoms. The van der Waals surface area contributed by atoms with Crippen molar-refractivity contribution in [2.45, 2.75) is 12.5 Å². The van der Waals surface area contributed by atoms with Gasteiger partial charge in [0.15, 0.2) is 0 Å². The normalized spacial score (nSPS) is 11.1. The molecule has 5 heteroatoms. The van der Waals surface area contributed by atoms with Gasteiger partial charge in [0.25, 0.3) is 0 Å². The number of hydrogen-bond acceptors (Lipinski definition) is 4. The zero-order chi connectivity index (χ0) is 11.5. The Morgan fingerprint density at radius 2 is 2.07 bits per heavy atom. The Labute approximate surface area is 93.9 Å². The predicted octanol–water partition coefficient (Wildman–Crippen LogP) is 1.23. The molecular formula is C10H16N2O2S. The van der Waals surface area contributed by atoms with Gasteiger partial charge in [-0.05, 0) is 30.6 Å². The van der Waals surface area contributed by atoms with Gasteiger partial charge in [-0.1, -0.05) is 6.07 Å². The lowest BCUT2D eigenvalue weighted by Crippen LogP contribution is -2.30. The molecule has 1 heterocycles. The summed E-state index contributed by atoms with van der Waals surface area (Å²) in [6.45, 7) is 0. The number of carbonyl (C=O) groups is 1. The van der Waals surface area contributed by atoms with Crippen molar-refractivity contribution in [1.29, 1.82) is 0 Å². The van der Waals surface area contributed by atoms with Crippen LogP contribution in [0.5, 0.6) is 0 Å². The zero-order valence-corrected chi connectivity index (χ0v) is 9.48. The van der Waals surface area contributed by atoms with Crippen LogP contribution in [0.4, 0.5) is 0 Å². The number of rotatable bonds is 4. The van der Waals surface area contributed by atoms with Gasteiger partial charge in [-0.15, -0.1) is 0 Å². The molecule has 1 atom stereocenters. The van der Waals surface area contributed by atoms with Gasteiger partial charge in [0.05, 0.1) is 0 Å². The smallest absolute Gasteiger partial charge is 0.320 e. The summed E-state index contributed by atoms with van der Waals surface area (Å²) >= 11 is 1.60. The van der Waals surface area contributed by atoms with Crippen LogP contribution in [0.2, 0.25) is 0 Å². The number of pyridine rings is 1. The zero-order valence-electron chi connectivity index (χ0n) is 8.67. The number of thioether (sulfide) groups is 1. The number of carboxylic acids is 1. The van der Waals surface area contributed by atoms with Crippen LogP contribution in [0, 0.1) is 0 Å². The van der Waals surface area contributed by atoms with Crippen LogP contribution in [0.15, 0.2) is 30.6 Å². The van der Waals surface area contributed by atoms with Crippen molar-refractivity contribution >= 4 is 17.7 Å². The van der Waals surface area contributed by atoms with E-state index >= 15 is 0 Å². The van der Waals surface area contributed by atoms with Crippen LogP contribution < -0.4 is 5.73 Å². The molecule has 0 aliphatic rings. The second-order valence-corrected chi connectivity index (χ2v) is 3.74. The van der Waals surface area contributed by atoms with Gasteiger partial charge in [0.2, 0.25) is 0 Å². The van der Waals surface area contributed by atoms with Crippen LogP contribution >= 0.6 is 11.8 Å². The fraction of sp³-hybridized carbons (Fsp3) is 0.400. The Morgan fingerprint density at radius 1 is 1.47 bits per heavy atom. The lowest BCUT2D eigenvalue weighted by molar-refractivity contribution is -0.138. The number of nitrogens with zero attached hydrogens (tertiary/aromatic N) is 1. The van der Waals surface area contributed by atoms with E-state index in [1.54, 1.807) is 24.2 Å². The van der Waals surface area contributed by atoms with E-state index in [9.17, 15) is 4.79 Å². The highest BCUT2D eigenvalue weighted by Gasteiger charge is 2.08. The average molecular weight is 228 g/mol. The molecule has 0 aliphatic carbocycles. The van der Waals surface area contributed by atoms with Crippen LogP contribution in [0.3, 0.4) is 0 Å². The topological polar surface area (TPSA) is 76.2 Å². The summed E-state index contributed by atoms with van der Waals surface area (Å²) in [5.41, 5.74) is 5.19. The van der Waals surface area contributed by atoms with E-state index < -0.39 is 12.0 Å². The number of aromatic nitrogens is 1. The van der Waals surface area contributed by atoms with E-state index in [0.717, 1.165) is 5.75 Å². The molecular weight excluding hydrogens is 212 g/mol. The largest absolute Gasteiger partial charge is 0.480 e. The van der Waals surface area contributed by atoms with Crippen molar-refractivity contribution in [2.75, 3.05) is 12.0 Å². The van der Waals surface area contributed by atoms with Gasteiger partial charge < -0.3 is 10.8 Å². The Hall–Kier alpha value is -1.07. The van der Waals surface area contributed by atoms with E-state index in [-0.39, 0.29) is 0 Å². The van der Waals surface area contributed by atoms with Crippen molar-refractivity contribution in [2.24, 2.45) is 5.73 Å². The Kier molecular flexibility index (Phi) is 8.81. The van der Waals surface area contributed by atoms with Crippen LogP contribution in [-0.4, -0.2) is 34.1 Å². The quantitative estimate of drug-likeness (QED) is 0.810. The average Bonchev–Trinajstić information content (AvgIpc) is 2.29. The summed E-state index contributed by atoms with van der Waals surface area (Å²) in [5.74, 6) is -0.1000. The molecule has 4 nitrogen and oxygen atoms in total. The SMILES string of the molecule is CSCC[C@H](N)C(=O)O.c1ccncc1. The molecule has 1 aromatic heterocycles. The van der Waals surface area contributed by atoms with Gasteiger partial charge in [-0.3, -0.25) is 9.78 Å². The molecule has 0 aromatic carbocycles. The predicted molar refractivity (Wildman–Crippen MR) is 62.8 cm³/mol. The molecule has 0 spiro atoms. The summed E-state index contributed by atoms with van der Waals surface area (Å²) in [6.07, 6.45) is 5.98. The van der Waals surface area contributed by atoms with Crippen molar-refractivity contribution in [3.63, 3.8) is 0 Å². The van der Waals surface area contributed by atoms with Crippen LogP contribution in [0.25, 0.3) is 0 Å². The molecule has 0 saturated heterocycles. The van der Waals surface area contributed by atoms with E-state index in [2.05, 4.69) is 4.98 Å². The third-order valence-electron chi connectivity index (χ3n) is 1.52. The maximum atomic E-state index is 10.1. The van der Waals surface area contributed by atoms with Crippen molar-refractivity contribution in [3.05, 3.63) is 30.6 Å². The molecule has 3 N–H and O–H groups in total. The summed E-state index contributed by atoms with van der Waals surface area (Å²) in [7, 11) is 0. The van der Waals surface area contributed by atoms with Crippen molar-refractivity contribution < 1.29 is 9.90 Å². The van der Waals surface area contributed by atoms with Crippen molar-refractivity contribution in [3.8, 4) is 0 Å². The fourth-order valence-corrected chi connectivity index (χ4v) is 1.17. The van der Waals surface area contributed by atoms with E-state index in [0.29, 0.717) is 6.42 Å². The molecule has 0 bridgehead atoms. The molecule has 84 valence electrons. The van der Waals surface area contributed by atoms with Gasteiger partial charge in [-0.2, -0.15) is 11.8 Å². The Balaban J connectivity index is 0.000000280. The first-order valence-corrected chi connectivity index (χ1v) is 5.90. The summed E-state index contributed by atoms with van der Waals surface area (Å²) < 4.78 is 0. The van der Waals surface area contributed by atoms with Gasteiger partial charge in [0.1, 0.15) is 6.04 Å². The first-order chi connectivity index (χ1) is 7.18. The number of hydrogen-bond donors (Lipinski definition) is 2. The monoisotopic (exact) mass is 228 g/mol. The summed E-state index contributed by atoms with van der Waals surface area (Å²) in [6, 6.07) is 5.03. The Morgan fingerprint density at radius 3 is 2.33 bits per heavy atom. The third kappa shape index (κ3) is 9.24. The second kappa shape index (κ2) is 9.48. The van der Waals surface area contributed by atoms with Crippen LogP contribution in [0.1, 0.15) is 6.42 Å². The highest BCUT2D eigenvalue weighted by atomic mass is 32.2. The Bertz CT molecular complexity index is 230. The molecule has 0 fully saturated rings. The number of aliphatic carboxylic acids is 1. The van der Waals surface area contributed by atoms with E-state index in [4.69, 9.17) is 10.8 Å². The maximum Gasteiger partial charge on any atom is 0.320 e. The highest BCUT2D eigenvalue weighted by molar-refractivity contribution is 7.98. The van der Waals surface area contributed by atoms with Gasteiger partial charge >= 0.3 is 5.97 Å².